The summed E-state index contributed by atoms with van der Waals surface area (Å²) in [6.45, 7) is 1.59. The Labute approximate surface area is 272 Å². The Hall–Kier alpha value is -4.75. The van der Waals surface area contributed by atoms with Crippen molar-refractivity contribution in [3.8, 4) is 11.1 Å². The summed E-state index contributed by atoms with van der Waals surface area (Å²) >= 11 is 1.24. The van der Waals surface area contributed by atoms with Crippen LogP contribution in [-0.2, 0) is 29.8 Å². The first kappa shape index (κ1) is 33.6. The molecule has 8 nitrogen and oxygen atoms in total. The van der Waals surface area contributed by atoms with E-state index in [9.17, 15) is 32.3 Å². The zero-order valence-corrected chi connectivity index (χ0v) is 26.1. The number of nitrogens with one attached hydrogen (secondary N) is 1. The second-order valence-corrected chi connectivity index (χ2v) is 11.8. The van der Waals surface area contributed by atoms with E-state index in [1.54, 1.807) is 59.6 Å². The molecule has 13 heteroatoms. The lowest BCUT2D eigenvalue weighted by atomic mass is 9.98. The molecule has 0 radical (unpaired) electrons. The smallest absolute Gasteiger partial charge is 0.395 e. The van der Waals surface area contributed by atoms with Gasteiger partial charge in [-0.3, -0.25) is 14.7 Å². The van der Waals surface area contributed by atoms with Gasteiger partial charge < -0.3 is 14.6 Å². The van der Waals surface area contributed by atoms with Gasteiger partial charge in [-0.2, -0.15) is 23.3 Å². The van der Waals surface area contributed by atoms with Crippen LogP contribution in [0.15, 0.2) is 101 Å². The lowest BCUT2D eigenvalue weighted by Crippen LogP contribution is -2.36. The molecule has 0 fully saturated rings. The summed E-state index contributed by atoms with van der Waals surface area (Å²) in [5.74, 6) is -0.677. The Balaban J connectivity index is 1.36. The third kappa shape index (κ3) is 8.54. The first-order valence-corrected chi connectivity index (χ1v) is 15.6. The lowest BCUT2D eigenvalue weighted by molar-refractivity contribution is -0.137. The Morgan fingerprint density at radius 3 is 2.23 bits per heavy atom. The Bertz CT molecular complexity index is 1840. The molecular formula is C34H31F4N5O3S. The molecule has 47 heavy (non-hydrogen) atoms. The van der Waals surface area contributed by atoms with Crippen molar-refractivity contribution in [2.24, 2.45) is 0 Å². The number of rotatable bonds is 12. The molecule has 1 unspecified atom stereocenters. The highest BCUT2D eigenvalue weighted by Gasteiger charge is 2.30. The number of carbonyl (C=O) groups excluding carboxylic acids is 1. The minimum Gasteiger partial charge on any atom is -0.395 e. The molecule has 0 saturated carbocycles. The summed E-state index contributed by atoms with van der Waals surface area (Å²) in [6, 6.07) is 17.9. The van der Waals surface area contributed by atoms with Crippen molar-refractivity contribution in [1.82, 2.24) is 24.6 Å². The second kappa shape index (κ2) is 14.8. The maximum Gasteiger partial charge on any atom is 0.416 e. The number of aromatic nitrogens is 4. The molecule has 0 bridgehead atoms. The largest absolute Gasteiger partial charge is 0.416 e. The van der Waals surface area contributed by atoms with Crippen LogP contribution in [0.5, 0.6) is 0 Å². The number of H-pyrrole nitrogens is 1. The highest BCUT2D eigenvalue weighted by Crippen LogP contribution is 2.31. The van der Waals surface area contributed by atoms with E-state index in [1.165, 1.54) is 40.9 Å². The van der Waals surface area contributed by atoms with Crippen molar-refractivity contribution in [3.05, 3.63) is 135 Å². The number of alkyl halides is 3. The summed E-state index contributed by atoms with van der Waals surface area (Å²) in [5, 5.41) is 16.8. The molecule has 244 valence electrons. The van der Waals surface area contributed by atoms with Gasteiger partial charge in [-0.25, -0.2) is 4.39 Å². The van der Waals surface area contributed by atoms with Gasteiger partial charge in [-0.05, 0) is 52.1 Å². The van der Waals surface area contributed by atoms with Crippen LogP contribution in [0, 0.1) is 5.82 Å². The van der Waals surface area contributed by atoms with Crippen molar-refractivity contribution in [2.45, 2.75) is 43.0 Å². The highest BCUT2D eigenvalue weighted by atomic mass is 32.2. The molecule has 0 spiro atoms. The van der Waals surface area contributed by atoms with E-state index < -0.39 is 17.3 Å². The van der Waals surface area contributed by atoms with Crippen LogP contribution in [-0.4, -0.2) is 48.8 Å². The van der Waals surface area contributed by atoms with Crippen LogP contribution in [0.25, 0.3) is 11.1 Å². The molecule has 2 N–H and O–H groups in total. The van der Waals surface area contributed by atoms with Gasteiger partial charge in [-0.1, -0.05) is 67.2 Å². The number of halogens is 4. The predicted molar refractivity (Wildman–Crippen MR) is 170 cm³/mol. The van der Waals surface area contributed by atoms with Crippen molar-refractivity contribution in [1.29, 1.82) is 0 Å². The maximum absolute atomic E-state index is 13.7. The van der Waals surface area contributed by atoms with Crippen LogP contribution < -0.4 is 5.56 Å². The number of carbonyl (C=O) groups is 1. The lowest BCUT2D eigenvalue weighted by Gasteiger charge is -2.24. The molecule has 0 aliphatic heterocycles. The van der Waals surface area contributed by atoms with Gasteiger partial charge in [-0.15, -0.1) is 0 Å². The normalized spacial score (nSPS) is 12.2. The van der Waals surface area contributed by atoms with E-state index in [4.69, 9.17) is 0 Å². The molecule has 2 heterocycles. The molecule has 2 aromatic heterocycles. The standard InChI is InChI=1S/C34H31F4N5O3S/c1-22(27-16-39-40-17-27)30-19-43(33(41-32(30)46)47-21-24-4-12-29(35)13-5-24)20-31(45)42(14-15-44)18-23-2-6-25(7-3-23)26-8-10-28(11-9-26)34(36,37)38/h2-13,16-17,19,22,44H,14-15,18,20-21H2,1H3,(H,39,40). The fraction of sp³-hybridized carbons (Fsp3) is 0.235. The van der Waals surface area contributed by atoms with E-state index in [2.05, 4.69) is 15.2 Å². The van der Waals surface area contributed by atoms with Crippen LogP contribution in [0.2, 0.25) is 0 Å². The zero-order valence-electron chi connectivity index (χ0n) is 25.2. The molecule has 0 aliphatic carbocycles. The summed E-state index contributed by atoms with van der Waals surface area (Å²) in [4.78, 5) is 32.6. The number of nitrogens with zero attached hydrogens (tertiary/aromatic N) is 4. The number of amides is 1. The average Bonchev–Trinajstić information content (AvgIpc) is 3.60. The van der Waals surface area contributed by atoms with Gasteiger partial charge in [0.25, 0.3) is 5.56 Å². The van der Waals surface area contributed by atoms with Gasteiger partial charge in [0.2, 0.25) is 5.91 Å². The maximum atomic E-state index is 13.7. The van der Waals surface area contributed by atoms with Crippen LogP contribution in [0.4, 0.5) is 17.6 Å². The van der Waals surface area contributed by atoms with E-state index in [1.807, 2.05) is 6.92 Å². The van der Waals surface area contributed by atoms with Crippen LogP contribution >= 0.6 is 11.8 Å². The van der Waals surface area contributed by atoms with E-state index >= 15 is 0 Å². The minimum absolute atomic E-state index is 0.0451. The first-order valence-electron chi connectivity index (χ1n) is 14.6. The molecule has 1 amide bonds. The van der Waals surface area contributed by atoms with E-state index in [0.717, 1.165) is 28.8 Å². The van der Waals surface area contributed by atoms with Crippen LogP contribution in [0.3, 0.4) is 0 Å². The van der Waals surface area contributed by atoms with Crippen LogP contribution in [0.1, 0.15) is 40.7 Å². The van der Waals surface area contributed by atoms with Crippen molar-refractivity contribution < 1.29 is 27.5 Å². The Morgan fingerprint density at radius 2 is 1.64 bits per heavy atom. The van der Waals surface area contributed by atoms with E-state index in [-0.39, 0.29) is 43.9 Å². The number of hydrogen-bond acceptors (Lipinski definition) is 6. The Kier molecular flexibility index (Phi) is 10.6. The number of aromatic amines is 1. The zero-order chi connectivity index (χ0) is 33.6. The second-order valence-electron chi connectivity index (χ2n) is 10.9. The highest BCUT2D eigenvalue weighted by molar-refractivity contribution is 7.98. The fourth-order valence-corrected chi connectivity index (χ4v) is 5.88. The number of aliphatic hydroxyl groups excluding tert-OH is 1. The predicted octanol–water partition coefficient (Wildman–Crippen LogP) is 6.26. The van der Waals surface area contributed by atoms with Gasteiger partial charge in [0.05, 0.1) is 18.4 Å². The third-order valence-electron chi connectivity index (χ3n) is 7.65. The molecule has 5 aromatic rings. The van der Waals surface area contributed by atoms with E-state index in [0.29, 0.717) is 27.6 Å². The molecule has 0 aliphatic rings. The summed E-state index contributed by atoms with van der Waals surface area (Å²) in [5.41, 5.74) is 2.86. The molecular weight excluding hydrogens is 634 g/mol. The first-order chi connectivity index (χ1) is 22.5. The number of aliphatic hydroxyl groups is 1. The summed E-state index contributed by atoms with van der Waals surface area (Å²) in [7, 11) is 0. The quantitative estimate of drug-likeness (QED) is 0.0927. The minimum atomic E-state index is -4.42. The van der Waals surface area contributed by atoms with Gasteiger partial charge in [0.15, 0.2) is 5.16 Å². The molecule has 3 aromatic carbocycles. The summed E-state index contributed by atoms with van der Waals surface area (Å²) in [6.07, 6.45) is 0.497. The van der Waals surface area contributed by atoms with Gasteiger partial charge in [0, 0.05) is 42.7 Å². The topological polar surface area (TPSA) is 104 Å². The van der Waals surface area contributed by atoms with Gasteiger partial charge >= 0.3 is 6.18 Å². The monoisotopic (exact) mass is 665 g/mol. The number of benzene rings is 3. The third-order valence-corrected chi connectivity index (χ3v) is 8.71. The van der Waals surface area contributed by atoms with Gasteiger partial charge in [0.1, 0.15) is 12.4 Å². The molecule has 1 atom stereocenters. The Morgan fingerprint density at radius 1 is 1.00 bits per heavy atom. The van der Waals surface area contributed by atoms with Crippen molar-refractivity contribution >= 4 is 17.7 Å². The molecule has 0 saturated heterocycles. The fourth-order valence-electron chi connectivity index (χ4n) is 4.96. The van der Waals surface area contributed by atoms with Crippen molar-refractivity contribution in [2.75, 3.05) is 13.2 Å². The molecule has 5 rings (SSSR count). The SMILES string of the molecule is CC(c1cn[nH]c1)c1cn(CC(=O)N(CCO)Cc2ccc(-c3ccc(C(F)(F)F)cc3)cc2)c(SCc2ccc(F)cc2)nc1=O. The number of hydrogen-bond donors (Lipinski definition) is 2. The summed E-state index contributed by atoms with van der Waals surface area (Å²) < 4.78 is 53.9. The average molecular weight is 666 g/mol. The number of thioether (sulfide) groups is 1. The van der Waals surface area contributed by atoms with Crippen molar-refractivity contribution in [3.63, 3.8) is 0 Å².